The van der Waals surface area contributed by atoms with E-state index in [-0.39, 0.29) is 17.8 Å². The van der Waals surface area contributed by atoms with Gasteiger partial charge in [0.15, 0.2) is 0 Å². The SMILES string of the molecule is Cc1ccc2c(c1)[nH]c(=O)n2C1CCN(C(=O)Nc2ccc(I)cc2)CC1. The molecule has 1 fully saturated rings. The van der Waals surface area contributed by atoms with Gasteiger partial charge in [0, 0.05) is 28.4 Å². The largest absolute Gasteiger partial charge is 0.326 e. The number of carbonyl (C=O) groups is 1. The van der Waals surface area contributed by atoms with Gasteiger partial charge in [-0.1, -0.05) is 6.07 Å². The summed E-state index contributed by atoms with van der Waals surface area (Å²) in [5.74, 6) is 0. The van der Waals surface area contributed by atoms with Crippen LogP contribution in [-0.4, -0.2) is 33.6 Å². The Morgan fingerprint density at radius 2 is 1.85 bits per heavy atom. The molecule has 0 spiro atoms. The predicted molar refractivity (Wildman–Crippen MR) is 115 cm³/mol. The Morgan fingerprint density at radius 1 is 1.15 bits per heavy atom. The van der Waals surface area contributed by atoms with Gasteiger partial charge in [-0.05, 0) is 84.3 Å². The summed E-state index contributed by atoms with van der Waals surface area (Å²) in [7, 11) is 0. The number of benzene rings is 2. The molecule has 27 heavy (non-hydrogen) atoms. The van der Waals surface area contributed by atoms with Crippen LogP contribution in [0.1, 0.15) is 24.4 Å². The number of hydrogen-bond acceptors (Lipinski definition) is 2. The van der Waals surface area contributed by atoms with Gasteiger partial charge in [0.25, 0.3) is 0 Å². The summed E-state index contributed by atoms with van der Waals surface area (Å²) in [6.07, 6.45) is 1.53. The number of imidazole rings is 1. The molecule has 0 atom stereocenters. The van der Waals surface area contributed by atoms with E-state index in [0.29, 0.717) is 13.1 Å². The van der Waals surface area contributed by atoms with Gasteiger partial charge in [-0.15, -0.1) is 0 Å². The molecular formula is C20H21IN4O2. The van der Waals surface area contributed by atoms with Crippen molar-refractivity contribution >= 4 is 45.3 Å². The van der Waals surface area contributed by atoms with Gasteiger partial charge >= 0.3 is 11.7 Å². The lowest BCUT2D eigenvalue weighted by Gasteiger charge is -2.32. The van der Waals surface area contributed by atoms with Crippen molar-refractivity contribution in [3.8, 4) is 0 Å². The van der Waals surface area contributed by atoms with Crippen LogP contribution in [0.4, 0.5) is 10.5 Å². The summed E-state index contributed by atoms with van der Waals surface area (Å²) < 4.78 is 2.98. The zero-order chi connectivity index (χ0) is 19.0. The molecule has 2 heterocycles. The first-order valence-electron chi connectivity index (χ1n) is 9.03. The normalized spacial score (nSPS) is 15.3. The van der Waals surface area contributed by atoms with Crippen LogP contribution in [0.5, 0.6) is 0 Å². The van der Waals surface area contributed by atoms with E-state index in [0.717, 1.165) is 38.7 Å². The molecule has 1 saturated heterocycles. The molecule has 0 saturated carbocycles. The smallest absolute Gasteiger partial charge is 0.324 e. The zero-order valence-electron chi connectivity index (χ0n) is 15.0. The Labute approximate surface area is 170 Å². The summed E-state index contributed by atoms with van der Waals surface area (Å²) >= 11 is 2.24. The number of amides is 2. The number of fused-ring (bicyclic) bond motifs is 1. The lowest BCUT2D eigenvalue weighted by atomic mass is 10.0. The second-order valence-electron chi connectivity index (χ2n) is 6.98. The minimum absolute atomic E-state index is 0.0719. The van der Waals surface area contributed by atoms with Crippen LogP contribution in [0, 0.1) is 10.5 Å². The number of nitrogens with zero attached hydrogens (tertiary/aromatic N) is 2. The van der Waals surface area contributed by atoms with E-state index in [1.165, 1.54) is 0 Å². The molecule has 2 aromatic carbocycles. The number of carbonyl (C=O) groups excluding carboxylic acids is 1. The van der Waals surface area contributed by atoms with E-state index in [4.69, 9.17) is 0 Å². The van der Waals surface area contributed by atoms with E-state index in [9.17, 15) is 9.59 Å². The number of H-pyrrole nitrogens is 1. The topological polar surface area (TPSA) is 70.1 Å². The van der Waals surface area contributed by atoms with Crippen molar-refractivity contribution in [1.29, 1.82) is 0 Å². The zero-order valence-corrected chi connectivity index (χ0v) is 17.2. The van der Waals surface area contributed by atoms with E-state index in [2.05, 4.69) is 32.9 Å². The summed E-state index contributed by atoms with van der Waals surface area (Å²) in [4.78, 5) is 29.7. The van der Waals surface area contributed by atoms with Crippen molar-refractivity contribution in [3.63, 3.8) is 0 Å². The van der Waals surface area contributed by atoms with Gasteiger partial charge in [0.2, 0.25) is 0 Å². The molecule has 0 aliphatic carbocycles. The first-order chi connectivity index (χ1) is 13.0. The number of urea groups is 1. The van der Waals surface area contributed by atoms with E-state index >= 15 is 0 Å². The molecule has 2 amide bonds. The molecule has 2 N–H and O–H groups in total. The van der Waals surface area contributed by atoms with Crippen LogP contribution in [0.25, 0.3) is 11.0 Å². The molecule has 7 heteroatoms. The monoisotopic (exact) mass is 476 g/mol. The number of nitrogens with one attached hydrogen (secondary N) is 2. The number of aromatic amines is 1. The Morgan fingerprint density at radius 3 is 2.56 bits per heavy atom. The average Bonchev–Trinajstić information content (AvgIpc) is 2.98. The Bertz CT molecular complexity index is 1030. The highest BCUT2D eigenvalue weighted by molar-refractivity contribution is 14.1. The van der Waals surface area contributed by atoms with Crippen molar-refractivity contribution in [2.45, 2.75) is 25.8 Å². The van der Waals surface area contributed by atoms with Gasteiger partial charge in [-0.3, -0.25) is 4.57 Å². The fraction of sp³-hybridized carbons (Fsp3) is 0.300. The quantitative estimate of drug-likeness (QED) is 0.547. The molecule has 4 rings (SSSR count). The third kappa shape index (κ3) is 3.73. The third-order valence-corrected chi connectivity index (χ3v) is 5.80. The molecule has 1 aliphatic heterocycles. The average molecular weight is 476 g/mol. The number of piperidine rings is 1. The number of anilines is 1. The molecule has 1 aromatic heterocycles. The summed E-state index contributed by atoms with van der Waals surface area (Å²) in [6, 6.07) is 13.8. The minimum atomic E-state index is -0.0865. The van der Waals surface area contributed by atoms with Gasteiger partial charge in [0.05, 0.1) is 11.0 Å². The van der Waals surface area contributed by atoms with Gasteiger partial charge < -0.3 is 15.2 Å². The van der Waals surface area contributed by atoms with E-state index in [1.54, 1.807) is 0 Å². The van der Waals surface area contributed by atoms with Crippen LogP contribution < -0.4 is 11.0 Å². The number of aromatic nitrogens is 2. The second kappa shape index (κ2) is 7.38. The van der Waals surface area contributed by atoms with Crippen LogP contribution in [0.15, 0.2) is 47.3 Å². The maximum absolute atomic E-state index is 12.5. The molecule has 0 bridgehead atoms. The Balaban J connectivity index is 1.44. The first kappa shape index (κ1) is 18.1. The molecule has 6 nitrogen and oxygen atoms in total. The molecule has 1 aliphatic rings. The van der Waals surface area contributed by atoms with Gasteiger partial charge in [-0.25, -0.2) is 9.59 Å². The number of halogens is 1. The van der Waals surface area contributed by atoms with E-state index in [1.807, 2.05) is 58.9 Å². The fourth-order valence-electron chi connectivity index (χ4n) is 3.67. The number of rotatable bonds is 2. The Hall–Kier alpha value is -2.29. The van der Waals surface area contributed by atoms with Crippen molar-refractivity contribution in [3.05, 3.63) is 62.1 Å². The van der Waals surface area contributed by atoms with Crippen LogP contribution in [0.2, 0.25) is 0 Å². The summed E-state index contributed by atoms with van der Waals surface area (Å²) in [5.41, 5.74) is 3.66. The number of hydrogen-bond donors (Lipinski definition) is 2. The molecule has 3 aromatic rings. The van der Waals surface area contributed by atoms with Gasteiger partial charge in [0.1, 0.15) is 0 Å². The van der Waals surface area contributed by atoms with E-state index < -0.39 is 0 Å². The maximum atomic E-state index is 12.5. The second-order valence-corrected chi connectivity index (χ2v) is 8.22. The molecule has 0 unspecified atom stereocenters. The molecular weight excluding hydrogens is 455 g/mol. The van der Waals surface area contributed by atoms with Crippen molar-refractivity contribution in [1.82, 2.24) is 14.5 Å². The highest BCUT2D eigenvalue weighted by Crippen LogP contribution is 2.25. The van der Waals surface area contributed by atoms with Gasteiger partial charge in [-0.2, -0.15) is 0 Å². The Kier molecular flexibility index (Phi) is 4.94. The fourth-order valence-corrected chi connectivity index (χ4v) is 4.03. The van der Waals surface area contributed by atoms with Crippen molar-refractivity contribution in [2.24, 2.45) is 0 Å². The third-order valence-electron chi connectivity index (χ3n) is 5.08. The maximum Gasteiger partial charge on any atom is 0.326 e. The summed E-state index contributed by atoms with van der Waals surface area (Å²) in [6.45, 7) is 3.28. The van der Waals surface area contributed by atoms with Crippen LogP contribution in [-0.2, 0) is 0 Å². The number of likely N-dealkylation sites (tertiary alicyclic amines) is 1. The van der Waals surface area contributed by atoms with Crippen LogP contribution >= 0.6 is 22.6 Å². The van der Waals surface area contributed by atoms with Crippen LogP contribution in [0.3, 0.4) is 0 Å². The lowest BCUT2D eigenvalue weighted by molar-refractivity contribution is 0.184. The molecule has 0 radical (unpaired) electrons. The predicted octanol–water partition coefficient (Wildman–Crippen LogP) is 4.11. The first-order valence-corrected chi connectivity index (χ1v) is 10.1. The highest BCUT2D eigenvalue weighted by atomic mass is 127. The highest BCUT2D eigenvalue weighted by Gasteiger charge is 2.26. The van der Waals surface area contributed by atoms with Crippen molar-refractivity contribution < 1.29 is 4.79 Å². The number of aryl methyl sites for hydroxylation is 1. The van der Waals surface area contributed by atoms with Crippen molar-refractivity contribution in [2.75, 3.05) is 18.4 Å². The lowest BCUT2D eigenvalue weighted by Crippen LogP contribution is -2.42. The standard InChI is InChI=1S/C20H21IN4O2/c1-13-2-7-18-17(12-13)23-20(27)25(18)16-8-10-24(11-9-16)19(26)22-15-5-3-14(21)4-6-15/h2-7,12,16H,8-11H2,1H3,(H,22,26)(H,23,27). The molecule has 140 valence electrons. The minimum Gasteiger partial charge on any atom is -0.324 e. The summed E-state index contributed by atoms with van der Waals surface area (Å²) in [5, 5.41) is 2.94.